The van der Waals surface area contributed by atoms with Crippen molar-refractivity contribution in [3.05, 3.63) is 59.7 Å². The van der Waals surface area contributed by atoms with Gasteiger partial charge in [0.2, 0.25) is 0 Å². The van der Waals surface area contributed by atoms with E-state index >= 15 is 0 Å². The number of benzene rings is 1. The Labute approximate surface area is 156 Å². The van der Waals surface area contributed by atoms with Crippen molar-refractivity contribution in [3.8, 4) is 0 Å². The van der Waals surface area contributed by atoms with Crippen LogP contribution in [0.5, 0.6) is 0 Å². The number of amides is 1. The standard InChI is InChI=1S/C19H18N2O4S/c1-3-13-6-8-14(9-7-13)21-18(23)16(11-15-5-4-10-25-15)20(19(21)26)12-17(22)24-2/h4-11H,3,12H2,1-2H3. The fourth-order valence-corrected chi connectivity index (χ4v) is 2.99. The summed E-state index contributed by atoms with van der Waals surface area (Å²) in [6.45, 7) is 1.90. The first-order valence-corrected chi connectivity index (χ1v) is 8.53. The Morgan fingerprint density at radius 3 is 2.58 bits per heavy atom. The van der Waals surface area contributed by atoms with Gasteiger partial charge in [-0.25, -0.2) is 0 Å². The number of ether oxygens (including phenoxy) is 1. The molecule has 7 heteroatoms. The molecule has 1 aliphatic rings. The molecule has 2 heterocycles. The Morgan fingerprint density at radius 1 is 1.27 bits per heavy atom. The number of nitrogens with zero attached hydrogens (tertiary/aromatic N) is 2. The molecule has 134 valence electrons. The third kappa shape index (κ3) is 3.39. The minimum absolute atomic E-state index is 0.156. The highest BCUT2D eigenvalue weighted by molar-refractivity contribution is 7.80. The van der Waals surface area contributed by atoms with Gasteiger partial charge in [0.1, 0.15) is 18.0 Å². The van der Waals surface area contributed by atoms with E-state index in [9.17, 15) is 9.59 Å². The van der Waals surface area contributed by atoms with Gasteiger partial charge in [0.15, 0.2) is 5.11 Å². The zero-order chi connectivity index (χ0) is 18.7. The molecule has 0 saturated carbocycles. The molecule has 0 aliphatic carbocycles. The summed E-state index contributed by atoms with van der Waals surface area (Å²) in [5, 5.41) is 0.224. The van der Waals surface area contributed by atoms with Crippen LogP contribution in [0.1, 0.15) is 18.2 Å². The monoisotopic (exact) mass is 370 g/mol. The van der Waals surface area contributed by atoms with Crippen molar-refractivity contribution in [2.24, 2.45) is 0 Å². The maximum absolute atomic E-state index is 13.0. The van der Waals surface area contributed by atoms with Crippen molar-refractivity contribution >= 4 is 41.0 Å². The summed E-state index contributed by atoms with van der Waals surface area (Å²) in [5.74, 6) is -0.317. The summed E-state index contributed by atoms with van der Waals surface area (Å²) in [7, 11) is 1.29. The van der Waals surface area contributed by atoms with E-state index in [4.69, 9.17) is 21.4 Å². The SMILES string of the molecule is CCc1ccc(N2C(=O)C(=Cc3ccco3)N(CC(=O)OC)C2=S)cc1. The van der Waals surface area contributed by atoms with Crippen molar-refractivity contribution in [2.45, 2.75) is 13.3 Å². The molecule has 0 radical (unpaired) electrons. The highest BCUT2D eigenvalue weighted by Crippen LogP contribution is 2.29. The number of thiocarbonyl (C=S) groups is 1. The van der Waals surface area contributed by atoms with Crippen LogP contribution in [0.4, 0.5) is 5.69 Å². The lowest BCUT2D eigenvalue weighted by molar-refractivity contribution is -0.140. The number of carbonyl (C=O) groups is 2. The van der Waals surface area contributed by atoms with Crippen LogP contribution in [0.3, 0.4) is 0 Å². The smallest absolute Gasteiger partial charge is 0.325 e. The van der Waals surface area contributed by atoms with Gasteiger partial charge in [-0.3, -0.25) is 14.5 Å². The number of hydrogen-bond donors (Lipinski definition) is 0. The molecular weight excluding hydrogens is 352 g/mol. The first-order chi connectivity index (χ1) is 12.5. The number of carbonyl (C=O) groups excluding carboxylic acids is 2. The molecular formula is C19H18N2O4S. The van der Waals surface area contributed by atoms with Crippen LogP contribution in [0.25, 0.3) is 6.08 Å². The summed E-state index contributed by atoms with van der Waals surface area (Å²) in [6, 6.07) is 11.0. The number of methoxy groups -OCH3 is 1. The molecule has 1 fully saturated rings. The van der Waals surface area contributed by atoms with Crippen LogP contribution >= 0.6 is 12.2 Å². The fraction of sp³-hybridized carbons (Fsp3) is 0.211. The molecule has 1 aliphatic heterocycles. The van der Waals surface area contributed by atoms with Gasteiger partial charge < -0.3 is 14.1 Å². The Balaban J connectivity index is 2.00. The average Bonchev–Trinajstić information content (AvgIpc) is 3.24. The number of aryl methyl sites for hydroxylation is 1. The molecule has 1 amide bonds. The molecule has 0 atom stereocenters. The van der Waals surface area contributed by atoms with Crippen molar-refractivity contribution < 1.29 is 18.7 Å². The summed E-state index contributed by atoms with van der Waals surface area (Å²) in [4.78, 5) is 27.7. The van der Waals surface area contributed by atoms with Gasteiger partial charge in [0.05, 0.1) is 19.1 Å². The molecule has 2 aromatic rings. The average molecular weight is 370 g/mol. The van der Waals surface area contributed by atoms with Gasteiger partial charge in [-0.15, -0.1) is 0 Å². The second kappa shape index (κ2) is 7.53. The number of hydrogen-bond acceptors (Lipinski definition) is 5. The Hall–Kier alpha value is -2.93. The summed E-state index contributed by atoms with van der Waals surface area (Å²) in [5.41, 5.74) is 2.06. The van der Waals surface area contributed by atoms with E-state index in [2.05, 4.69) is 6.92 Å². The van der Waals surface area contributed by atoms with Gasteiger partial charge in [0, 0.05) is 6.08 Å². The number of anilines is 1. The minimum Gasteiger partial charge on any atom is -0.468 e. The van der Waals surface area contributed by atoms with Gasteiger partial charge in [0.25, 0.3) is 5.91 Å². The number of furan rings is 1. The molecule has 6 nitrogen and oxygen atoms in total. The summed E-state index contributed by atoms with van der Waals surface area (Å²) in [6.07, 6.45) is 3.98. The van der Waals surface area contributed by atoms with E-state index in [1.54, 1.807) is 18.2 Å². The molecule has 0 spiro atoms. The molecule has 1 aromatic carbocycles. The van der Waals surface area contributed by atoms with E-state index in [-0.39, 0.29) is 23.3 Å². The predicted molar refractivity (Wildman–Crippen MR) is 101 cm³/mol. The largest absolute Gasteiger partial charge is 0.468 e. The molecule has 1 saturated heterocycles. The topological polar surface area (TPSA) is 63.0 Å². The highest BCUT2D eigenvalue weighted by Gasteiger charge is 2.40. The number of esters is 1. The first-order valence-electron chi connectivity index (χ1n) is 8.12. The summed E-state index contributed by atoms with van der Waals surface area (Å²) >= 11 is 5.47. The Morgan fingerprint density at radius 2 is 2.00 bits per heavy atom. The minimum atomic E-state index is -0.492. The van der Waals surface area contributed by atoms with Gasteiger partial charge >= 0.3 is 5.97 Å². The van der Waals surface area contributed by atoms with E-state index in [0.29, 0.717) is 11.4 Å². The molecule has 26 heavy (non-hydrogen) atoms. The molecule has 0 unspecified atom stereocenters. The van der Waals surface area contributed by atoms with Crippen LogP contribution < -0.4 is 4.90 Å². The van der Waals surface area contributed by atoms with Crippen LogP contribution in [-0.2, 0) is 20.7 Å². The van der Waals surface area contributed by atoms with E-state index in [1.165, 1.54) is 23.2 Å². The van der Waals surface area contributed by atoms with Gasteiger partial charge in [-0.1, -0.05) is 19.1 Å². The maximum Gasteiger partial charge on any atom is 0.325 e. The molecule has 0 bridgehead atoms. The Bertz CT molecular complexity index is 856. The fourth-order valence-electron chi connectivity index (χ4n) is 2.64. The van der Waals surface area contributed by atoms with Crippen LogP contribution in [0.15, 0.2) is 52.8 Å². The quantitative estimate of drug-likeness (QED) is 0.458. The van der Waals surface area contributed by atoms with Crippen molar-refractivity contribution in [2.75, 3.05) is 18.6 Å². The lowest BCUT2D eigenvalue weighted by Crippen LogP contribution is -2.35. The zero-order valence-electron chi connectivity index (χ0n) is 14.5. The van der Waals surface area contributed by atoms with Crippen molar-refractivity contribution in [1.29, 1.82) is 0 Å². The third-order valence-electron chi connectivity index (χ3n) is 4.08. The van der Waals surface area contributed by atoms with Crippen molar-refractivity contribution in [3.63, 3.8) is 0 Å². The van der Waals surface area contributed by atoms with Crippen molar-refractivity contribution in [1.82, 2.24) is 4.90 Å². The third-order valence-corrected chi connectivity index (χ3v) is 4.48. The second-order valence-electron chi connectivity index (χ2n) is 5.65. The van der Waals surface area contributed by atoms with Crippen LogP contribution in [-0.4, -0.2) is 35.5 Å². The summed E-state index contributed by atoms with van der Waals surface area (Å²) < 4.78 is 10.0. The molecule has 3 rings (SSSR count). The second-order valence-corrected chi connectivity index (χ2v) is 6.02. The Kier molecular flexibility index (Phi) is 5.18. The maximum atomic E-state index is 13.0. The van der Waals surface area contributed by atoms with E-state index in [0.717, 1.165) is 12.0 Å². The van der Waals surface area contributed by atoms with Crippen LogP contribution in [0, 0.1) is 0 Å². The first kappa shape index (κ1) is 17.9. The van der Waals surface area contributed by atoms with Crippen LogP contribution in [0.2, 0.25) is 0 Å². The number of rotatable bonds is 5. The normalized spacial score (nSPS) is 15.8. The van der Waals surface area contributed by atoms with E-state index in [1.807, 2.05) is 24.3 Å². The predicted octanol–water partition coefficient (Wildman–Crippen LogP) is 2.99. The highest BCUT2D eigenvalue weighted by atomic mass is 32.1. The lowest BCUT2D eigenvalue weighted by atomic mass is 10.1. The van der Waals surface area contributed by atoms with Gasteiger partial charge in [-0.2, -0.15) is 0 Å². The molecule has 1 aromatic heterocycles. The van der Waals surface area contributed by atoms with E-state index < -0.39 is 5.97 Å². The molecule has 0 N–H and O–H groups in total. The zero-order valence-corrected chi connectivity index (χ0v) is 15.3. The van der Waals surface area contributed by atoms with Gasteiger partial charge in [-0.05, 0) is 48.5 Å². The lowest BCUT2D eigenvalue weighted by Gasteiger charge is -2.19.